The minimum absolute atomic E-state index is 0.0380. The molecule has 5 N–H and O–H groups in total. The predicted octanol–water partition coefficient (Wildman–Crippen LogP) is 3.97. The Balaban J connectivity index is 1.36. The van der Waals surface area contributed by atoms with Gasteiger partial charge >= 0.3 is 12.1 Å². The summed E-state index contributed by atoms with van der Waals surface area (Å²) in [7, 11) is 0. The summed E-state index contributed by atoms with van der Waals surface area (Å²) in [4.78, 5) is 25.8. The minimum atomic E-state index is -5.24. The summed E-state index contributed by atoms with van der Waals surface area (Å²) in [5.74, 6) is -1.77. The van der Waals surface area contributed by atoms with Gasteiger partial charge in [-0.3, -0.25) is 4.68 Å². The zero-order chi connectivity index (χ0) is 33.1. The number of nitrogens with two attached hydrogens (primary N) is 1. The number of benzene rings is 2. The molecule has 12 nitrogen and oxygen atoms in total. The summed E-state index contributed by atoms with van der Waals surface area (Å²) in [6.45, 7) is 2.91. The van der Waals surface area contributed by atoms with Crippen LogP contribution in [0.1, 0.15) is 41.1 Å². The molecule has 1 fully saturated rings. The lowest BCUT2D eigenvalue weighted by atomic mass is 9.91. The Kier molecular flexibility index (Phi) is 9.09. The van der Waals surface area contributed by atoms with E-state index in [0.29, 0.717) is 36.6 Å². The van der Waals surface area contributed by atoms with E-state index in [1.54, 1.807) is 17.7 Å². The van der Waals surface area contributed by atoms with Gasteiger partial charge in [-0.25, -0.2) is 9.78 Å². The van der Waals surface area contributed by atoms with Crippen LogP contribution in [0.5, 0.6) is 0 Å². The fourth-order valence-corrected chi connectivity index (χ4v) is 6.00. The molecule has 0 unspecified atom stereocenters. The fraction of sp³-hybridized carbons (Fsp3) is 0.344. The Morgan fingerprint density at radius 1 is 1.06 bits per heavy atom. The number of rotatable bonds is 11. The number of carbonyl (C=O) groups excluding carboxylic acids is 1. The van der Waals surface area contributed by atoms with Crippen molar-refractivity contribution >= 4 is 28.9 Å². The van der Waals surface area contributed by atoms with Crippen molar-refractivity contribution in [3.05, 3.63) is 96.1 Å². The Bertz CT molecular complexity index is 1770. The number of aryl methyl sites for hydroxylation is 1. The van der Waals surface area contributed by atoms with Gasteiger partial charge in [0, 0.05) is 31.7 Å². The van der Waals surface area contributed by atoms with Gasteiger partial charge in [-0.1, -0.05) is 60.7 Å². The van der Waals surface area contributed by atoms with Gasteiger partial charge in [-0.15, -0.1) is 0 Å². The maximum Gasteiger partial charge on any atom is 0.490 e. The maximum atomic E-state index is 13.2. The first kappa shape index (κ1) is 31.9. The lowest BCUT2D eigenvalue weighted by Crippen LogP contribution is -2.39. The standard InChI is InChI=1S/C32H34F3N9O3/c1-19-15-40-44(17-19)24-14-23(26(45)27(24)47-30(46)32(33,34)35)43-18-39-25-28(41-31(37-13-12-36)42-29(25)43)38-16-22(20-8-4-2-5-9-20)21-10-6-3-7-11-21/h2-11,15,17-18,22-24,26-27,45H,12-14,16,36H2,1H3,(H2,37,38,41,42)/t23-,24+,26+,27-/m1/s1. The first-order valence-electron chi connectivity index (χ1n) is 15.1. The topological polar surface area (TPSA) is 158 Å². The highest BCUT2D eigenvalue weighted by Crippen LogP contribution is 2.42. The number of alkyl halides is 3. The van der Waals surface area contributed by atoms with Crippen LogP contribution in [0.25, 0.3) is 11.2 Å². The van der Waals surface area contributed by atoms with E-state index in [-0.39, 0.29) is 18.3 Å². The quantitative estimate of drug-likeness (QED) is 0.154. The Morgan fingerprint density at radius 2 is 1.74 bits per heavy atom. The molecular weight excluding hydrogens is 615 g/mol. The molecular formula is C32H34F3N9O3. The van der Waals surface area contributed by atoms with Crippen LogP contribution in [0.15, 0.2) is 79.4 Å². The predicted molar refractivity (Wildman–Crippen MR) is 168 cm³/mol. The van der Waals surface area contributed by atoms with Crippen molar-refractivity contribution in [1.29, 1.82) is 0 Å². The third-order valence-corrected chi connectivity index (χ3v) is 8.22. The minimum Gasteiger partial charge on any atom is -0.451 e. The third kappa shape index (κ3) is 6.76. The van der Waals surface area contributed by atoms with Gasteiger partial charge in [0.2, 0.25) is 5.95 Å². The molecule has 15 heteroatoms. The molecule has 3 aromatic heterocycles. The van der Waals surface area contributed by atoms with Gasteiger partial charge in [-0.2, -0.15) is 28.2 Å². The smallest absolute Gasteiger partial charge is 0.451 e. The molecule has 0 radical (unpaired) electrons. The number of hydrogen-bond acceptors (Lipinski definition) is 10. The van der Waals surface area contributed by atoms with E-state index in [1.165, 1.54) is 17.2 Å². The SMILES string of the molecule is Cc1cnn([C@H]2C[C@@H](n3cnc4c(NCC(c5ccccc5)c5ccccc5)nc(NCCN)nc43)[C@H](O)[C@@H]2OC(=O)C(F)(F)F)c1. The van der Waals surface area contributed by atoms with Crippen molar-refractivity contribution in [2.75, 3.05) is 30.3 Å². The lowest BCUT2D eigenvalue weighted by Gasteiger charge is -2.24. The summed E-state index contributed by atoms with van der Waals surface area (Å²) in [6.07, 6.45) is -3.64. The molecule has 0 aliphatic heterocycles. The molecule has 1 aliphatic carbocycles. The molecule has 1 saturated carbocycles. The zero-order valence-corrected chi connectivity index (χ0v) is 25.4. The van der Waals surface area contributed by atoms with Crippen molar-refractivity contribution in [2.45, 2.75) is 49.7 Å². The molecule has 1 aliphatic rings. The average molecular weight is 650 g/mol. The van der Waals surface area contributed by atoms with E-state index in [2.05, 4.69) is 54.9 Å². The normalized spacial score (nSPS) is 19.7. The van der Waals surface area contributed by atoms with Crippen molar-refractivity contribution in [3.63, 3.8) is 0 Å². The van der Waals surface area contributed by atoms with Crippen molar-refractivity contribution in [2.24, 2.45) is 5.73 Å². The van der Waals surface area contributed by atoms with Crippen LogP contribution in [0.4, 0.5) is 24.9 Å². The lowest BCUT2D eigenvalue weighted by molar-refractivity contribution is -0.210. The Labute approximate surface area is 267 Å². The molecule has 0 bridgehead atoms. The summed E-state index contributed by atoms with van der Waals surface area (Å²) in [6, 6.07) is 18.3. The molecule has 4 atom stereocenters. The number of anilines is 2. The van der Waals surface area contributed by atoms with Crippen molar-refractivity contribution < 1.29 is 27.8 Å². The van der Waals surface area contributed by atoms with E-state index in [4.69, 9.17) is 10.5 Å². The fourth-order valence-electron chi connectivity index (χ4n) is 6.00. The second kappa shape index (κ2) is 13.4. The first-order valence-corrected chi connectivity index (χ1v) is 15.1. The second-order valence-corrected chi connectivity index (χ2v) is 11.4. The summed E-state index contributed by atoms with van der Waals surface area (Å²) < 4.78 is 47.6. The number of hydrogen-bond donors (Lipinski definition) is 4. The van der Waals surface area contributed by atoms with Gasteiger partial charge < -0.3 is 30.8 Å². The van der Waals surface area contributed by atoms with Crippen LogP contribution in [-0.2, 0) is 9.53 Å². The van der Waals surface area contributed by atoms with Crippen molar-refractivity contribution in [1.82, 2.24) is 29.3 Å². The molecule has 246 valence electrons. The molecule has 2 aromatic carbocycles. The molecule has 0 spiro atoms. The molecule has 0 amide bonds. The van der Waals surface area contributed by atoms with E-state index in [0.717, 1.165) is 16.7 Å². The monoisotopic (exact) mass is 649 g/mol. The third-order valence-electron chi connectivity index (χ3n) is 8.22. The number of ether oxygens (including phenoxy) is 1. The van der Waals surface area contributed by atoms with Gasteiger partial charge in [0.15, 0.2) is 23.1 Å². The average Bonchev–Trinajstić information content (AvgIpc) is 3.77. The maximum absolute atomic E-state index is 13.2. The molecule has 5 aromatic rings. The van der Waals surface area contributed by atoms with Crippen LogP contribution >= 0.6 is 0 Å². The first-order chi connectivity index (χ1) is 22.6. The summed E-state index contributed by atoms with van der Waals surface area (Å²) in [5.41, 5.74) is 9.37. The molecule has 0 saturated heterocycles. The van der Waals surface area contributed by atoms with Gasteiger partial charge in [-0.05, 0) is 30.0 Å². The van der Waals surface area contributed by atoms with E-state index in [1.807, 2.05) is 36.4 Å². The number of carbonyl (C=O) groups is 1. The van der Waals surface area contributed by atoms with Crippen LogP contribution in [0.3, 0.4) is 0 Å². The largest absolute Gasteiger partial charge is 0.490 e. The molecule has 3 heterocycles. The van der Waals surface area contributed by atoms with Gasteiger partial charge in [0.25, 0.3) is 0 Å². The summed E-state index contributed by atoms with van der Waals surface area (Å²) in [5, 5.41) is 22.2. The van der Waals surface area contributed by atoms with Crippen LogP contribution < -0.4 is 16.4 Å². The Hall–Kier alpha value is -5.02. The molecule has 6 rings (SSSR count). The number of fused-ring (bicyclic) bond motifs is 1. The van der Waals surface area contributed by atoms with E-state index >= 15 is 0 Å². The van der Waals surface area contributed by atoms with Crippen LogP contribution in [0.2, 0.25) is 0 Å². The number of aliphatic hydroxyl groups is 1. The number of nitrogens with zero attached hydrogens (tertiary/aromatic N) is 6. The van der Waals surface area contributed by atoms with Gasteiger partial charge in [0.1, 0.15) is 6.10 Å². The van der Waals surface area contributed by atoms with E-state index in [9.17, 15) is 23.1 Å². The second-order valence-electron chi connectivity index (χ2n) is 11.4. The summed E-state index contributed by atoms with van der Waals surface area (Å²) >= 11 is 0. The van der Waals surface area contributed by atoms with Crippen LogP contribution in [-0.4, -0.2) is 78.4 Å². The number of aliphatic hydroxyl groups excluding tert-OH is 1. The number of nitrogens with one attached hydrogen (secondary N) is 2. The highest BCUT2D eigenvalue weighted by atomic mass is 19.4. The molecule has 47 heavy (non-hydrogen) atoms. The van der Waals surface area contributed by atoms with Gasteiger partial charge in [0.05, 0.1) is 24.6 Å². The Morgan fingerprint density at radius 3 is 2.34 bits per heavy atom. The van der Waals surface area contributed by atoms with E-state index < -0.39 is 36.4 Å². The number of aromatic nitrogens is 6. The highest BCUT2D eigenvalue weighted by molar-refractivity contribution is 5.84. The highest BCUT2D eigenvalue weighted by Gasteiger charge is 2.51. The number of halogens is 3. The zero-order valence-electron chi connectivity index (χ0n) is 25.4. The number of imidazole rings is 1. The number of esters is 1. The van der Waals surface area contributed by atoms with Crippen molar-refractivity contribution in [3.8, 4) is 0 Å². The van der Waals surface area contributed by atoms with Crippen LogP contribution in [0, 0.1) is 6.92 Å².